The molecule has 0 radical (unpaired) electrons. The van der Waals surface area contributed by atoms with Gasteiger partial charge in [-0.3, -0.25) is 9.69 Å². The molecular weight excluding hydrogens is 372 g/mol. The van der Waals surface area contributed by atoms with Crippen LogP contribution in [0.4, 0.5) is 0 Å². The maximum atomic E-state index is 12.2. The minimum absolute atomic E-state index is 0.140. The van der Waals surface area contributed by atoms with Crippen molar-refractivity contribution >= 4 is 15.7 Å². The number of nitrogens with zero attached hydrogens (tertiary/aromatic N) is 2. The van der Waals surface area contributed by atoms with Gasteiger partial charge < -0.3 is 4.90 Å². The number of likely N-dealkylation sites (tertiary alicyclic amines) is 2. The lowest BCUT2D eigenvalue weighted by atomic mass is 9.89. The summed E-state index contributed by atoms with van der Waals surface area (Å²) in [6.07, 6.45) is 1.23. The van der Waals surface area contributed by atoms with Crippen molar-refractivity contribution in [2.24, 2.45) is 11.8 Å². The number of hydrogen-bond donors (Lipinski definition) is 0. The van der Waals surface area contributed by atoms with Gasteiger partial charge >= 0.3 is 0 Å². The Morgan fingerprint density at radius 1 is 1.00 bits per heavy atom. The Labute approximate surface area is 166 Å². The second-order valence-electron chi connectivity index (χ2n) is 8.06. The van der Waals surface area contributed by atoms with Crippen LogP contribution in [0.3, 0.4) is 0 Å². The van der Waals surface area contributed by atoms with E-state index in [9.17, 15) is 13.2 Å². The Balaban J connectivity index is 1.49. The van der Waals surface area contributed by atoms with Crippen molar-refractivity contribution in [1.29, 1.82) is 0 Å². The predicted octanol–water partition coefficient (Wildman–Crippen LogP) is 2.74. The molecule has 4 rings (SSSR count). The molecule has 28 heavy (non-hydrogen) atoms. The molecule has 2 aliphatic heterocycles. The van der Waals surface area contributed by atoms with Gasteiger partial charge in [0, 0.05) is 45.3 Å². The lowest BCUT2D eigenvalue weighted by molar-refractivity contribution is -0.130. The first-order valence-electron chi connectivity index (χ1n) is 9.66. The van der Waals surface area contributed by atoms with Gasteiger partial charge in [-0.15, -0.1) is 0 Å². The van der Waals surface area contributed by atoms with E-state index in [4.69, 9.17) is 0 Å². The van der Waals surface area contributed by atoms with Gasteiger partial charge in [0.1, 0.15) is 0 Å². The van der Waals surface area contributed by atoms with E-state index in [2.05, 4.69) is 17.0 Å². The van der Waals surface area contributed by atoms with Gasteiger partial charge in [0.15, 0.2) is 9.84 Å². The van der Waals surface area contributed by atoms with Crippen molar-refractivity contribution in [2.45, 2.75) is 24.4 Å². The number of hydrogen-bond acceptors (Lipinski definition) is 4. The molecule has 0 unspecified atom stereocenters. The van der Waals surface area contributed by atoms with Crippen LogP contribution in [0.25, 0.3) is 0 Å². The topological polar surface area (TPSA) is 57.7 Å². The fourth-order valence-electron chi connectivity index (χ4n) is 4.77. The van der Waals surface area contributed by atoms with E-state index in [1.807, 2.05) is 35.2 Å². The number of carbonyl (C=O) groups is 1. The summed E-state index contributed by atoms with van der Waals surface area (Å²) in [4.78, 5) is 17.0. The first kappa shape index (κ1) is 19.2. The lowest BCUT2D eigenvalue weighted by Crippen LogP contribution is -2.34. The maximum Gasteiger partial charge on any atom is 0.219 e. The molecule has 0 aromatic heterocycles. The molecule has 0 aliphatic carbocycles. The summed E-state index contributed by atoms with van der Waals surface area (Å²) in [6, 6.07) is 17.6. The highest BCUT2D eigenvalue weighted by atomic mass is 32.2. The van der Waals surface area contributed by atoms with E-state index in [-0.39, 0.29) is 11.9 Å². The number of fused-ring (bicyclic) bond motifs is 1. The number of amides is 1. The average molecular weight is 399 g/mol. The summed E-state index contributed by atoms with van der Waals surface area (Å²) >= 11 is 0. The summed E-state index contributed by atoms with van der Waals surface area (Å²) in [7, 11) is -3.16. The molecule has 2 aromatic carbocycles. The van der Waals surface area contributed by atoms with Crippen molar-refractivity contribution in [3.05, 3.63) is 65.7 Å². The van der Waals surface area contributed by atoms with Crippen LogP contribution in [0.15, 0.2) is 59.5 Å². The molecule has 2 saturated heterocycles. The van der Waals surface area contributed by atoms with E-state index in [1.165, 1.54) is 11.8 Å². The first-order valence-corrected chi connectivity index (χ1v) is 11.6. The van der Waals surface area contributed by atoms with Crippen molar-refractivity contribution in [1.82, 2.24) is 9.80 Å². The van der Waals surface area contributed by atoms with Crippen LogP contribution in [0.1, 0.15) is 24.1 Å². The second-order valence-corrected chi connectivity index (χ2v) is 10.1. The van der Waals surface area contributed by atoms with Gasteiger partial charge in [0.25, 0.3) is 0 Å². The highest BCUT2D eigenvalue weighted by Crippen LogP contribution is 2.45. The standard InChI is InChI=1S/C22H26N2O3S/c1-16(25)24-14-19-13-23(12-17-8-10-20(11-9-17)28(2,26)27)15-21(19)22(24)18-6-4-3-5-7-18/h3-11,19,21-22H,12-15H2,1-2H3/t19-,21-,22+/m1/s1. The van der Waals surface area contributed by atoms with Gasteiger partial charge in [-0.1, -0.05) is 42.5 Å². The summed E-state index contributed by atoms with van der Waals surface area (Å²) in [5.41, 5.74) is 2.33. The van der Waals surface area contributed by atoms with Crippen LogP contribution in [0.5, 0.6) is 0 Å². The number of carbonyl (C=O) groups excluding carboxylic acids is 1. The summed E-state index contributed by atoms with van der Waals surface area (Å²) in [5, 5.41) is 0. The molecule has 0 N–H and O–H groups in total. The minimum Gasteiger partial charge on any atom is -0.335 e. The molecule has 6 heteroatoms. The van der Waals surface area contributed by atoms with Crippen LogP contribution in [0, 0.1) is 11.8 Å². The number of sulfone groups is 1. The Morgan fingerprint density at radius 3 is 2.29 bits per heavy atom. The number of benzene rings is 2. The molecule has 1 amide bonds. The molecule has 2 heterocycles. The molecule has 2 fully saturated rings. The zero-order chi connectivity index (χ0) is 19.9. The van der Waals surface area contributed by atoms with Crippen molar-refractivity contribution in [3.8, 4) is 0 Å². The van der Waals surface area contributed by atoms with Crippen LogP contribution in [-0.2, 0) is 21.2 Å². The highest BCUT2D eigenvalue weighted by molar-refractivity contribution is 7.90. The Kier molecular flexibility index (Phi) is 5.02. The Morgan fingerprint density at radius 2 is 1.68 bits per heavy atom. The van der Waals surface area contributed by atoms with E-state index in [0.29, 0.717) is 16.7 Å². The molecule has 0 saturated carbocycles. The van der Waals surface area contributed by atoms with Gasteiger partial charge in [-0.05, 0) is 29.2 Å². The molecule has 148 valence electrons. The molecule has 3 atom stereocenters. The quantitative estimate of drug-likeness (QED) is 0.795. The summed E-state index contributed by atoms with van der Waals surface area (Å²) in [5.74, 6) is 1.05. The average Bonchev–Trinajstić information content (AvgIpc) is 3.19. The van der Waals surface area contributed by atoms with E-state index in [0.717, 1.165) is 31.7 Å². The van der Waals surface area contributed by atoms with Crippen LogP contribution in [-0.4, -0.2) is 50.0 Å². The van der Waals surface area contributed by atoms with Crippen molar-refractivity contribution < 1.29 is 13.2 Å². The Hall–Kier alpha value is -2.18. The third-order valence-electron chi connectivity index (χ3n) is 6.04. The fourth-order valence-corrected chi connectivity index (χ4v) is 5.40. The molecule has 0 bridgehead atoms. The van der Waals surface area contributed by atoms with Crippen molar-refractivity contribution in [3.63, 3.8) is 0 Å². The number of rotatable bonds is 4. The smallest absolute Gasteiger partial charge is 0.219 e. The molecule has 2 aromatic rings. The zero-order valence-electron chi connectivity index (χ0n) is 16.3. The predicted molar refractivity (Wildman–Crippen MR) is 108 cm³/mol. The highest BCUT2D eigenvalue weighted by Gasteiger charge is 2.48. The van der Waals surface area contributed by atoms with E-state index in [1.54, 1.807) is 19.1 Å². The van der Waals surface area contributed by atoms with Gasteiger partial charge in [0.2, 0.25) is 5.91 Å². The summed E-state index contributed by atoms with van der Waals surface area (Å²) in [6.45, 7) is 5.19. The summed E-state index contributed by atoms with van der Waals surface area (Å²) < 4.78 is 23.3. The third-order valence-corrected chi connectivity index (χ3v) is 7.17. The molecule has 0 spiro atoms. The van der Waals surface area contributed by atoms with E-state index < -0.39 is 9.84 Å². The maximum absolute atomic E-state index is 12.2. The second kappa shape index (κ2) is 7.33. The van der Waals surface area contributed by atoms with Crippen LogP contribution >= 0.6 is 0 Å². The first-order chi connectivity index (χ1) is 13.3. The molecule has 5 nitrogen and oxygen atoms in total. The largest absolute Gasteiger partial charge is 0.335 e. The normalized spacial score (nSPS) is 25.1. The molecular formula is C22H26N2O3S. The van der Waals surface area contributed by atoms with Gasteiger partial charge in [0.05, 0.1) is 10.9 Å². The van der Waals surface area contributed by atoms with Gasteiger partial charge in [-0.25, -0.2) is 8.42 Å². The minimum atomic E-state index is -3.16. The van der Waals surface area contributed by atoms with Gasteiger partial charge in [-0.2, -0.15) is 0 Å². The zero-order valence-corrected chi connectivity index (χ0v) is 17.1. The SMILES string of the molecule is CC(=O)N1C[C@H]2CN(Cc3ccc(S(C)(=O)=O)cc3)C[C@H]2[C@@H]1c1ccccc1. The molecule has 2 aliphatic rings. The monoisotopic (exact) mass is 398 g/mol. The van der Waals surface area contributed by atoms with E-state index >= 15 is 0 Å². The van der Waals surface area contributed by atoms with Crippen LogP contribution in [0.2, 0.25) is 0 Å². The lowest BCUT2D eigenvalue weighted by Gasteiger charge is -2.29. The van der Waals surface area contributed by atoms with Crippen molar-refractivity contribution in [2.75, 3.05) is 25.9 Å². The Bertz CT molecular complexity index is 957. The third kappa shape index (κ3) is 3.71. The fraction of sp³-hybridized carbons (Fsp3) is 0.409. The van der Waals surface area contributed by atoms with Crippen LogP contribution < -0.4 is 0 Å².